The summed E-state index contributed by atoms with van der Waals surface area (Å²) in [5.41, 5.74) is 9.01. The first-order chi connectivity index (χ1) is 18.9. The first-order valence-electron chi connectivity index (χ1n) is 13.2. The second-order valence-electron chi connectivity index (χ2n) is 10.1. The lowest BCUT2D eigenvalue weighted by Crippen LogP contribution is -2.17. The first kappa shape index (κ1) is 24.9. The molecule has 5 aromatic rings. The highest BCUT2D eigenvalue weighted by Crippen LogP contribution is 2.39. The van der Waals surface area contributed by atoms with Crippen molar-refractivity contribution in [2.75, 3.05) is 5.32 Å². The number of nitrogens with one attached hydrogen (secondary N) is 2. The predicted molar refractivity (Wildman–Crippen MR) is 158 cm³/mol. The van der Waals surface area contributed by atoms with Crippen LogP contribution in [0.15, 0.2) is 54.6 Å². The third kappa shape index (κ3) is 4.58. The molecule has 2 N–H and O–H groups in total. The van der Waals surface area contributed by atoms with Crippen molar-refractivity contribution in [3.8, 4) is 11.1 Å². The van der Waals surface area contributed by atoms with Crippen molar-refractivity contribution >= 4 is 45.6 Å². The molecular weight excluding hydrogens is 502 g/mol. The Morgan fingerprint density at radius 3 is 2.69 bits per heavy atom. The van der Waals surface area contributed by atoms with Gasteiger partial charge >= 0.3 is 0 Å². The number of hydrogen-bond acceptors (Lipinski definition) is 4. The van der Waals surface area contributed by atoms with E-state index in [1.165, 1.54) is 10.4 Å². The molecule has 6 nitrogen and oxygen atoms in total. The molecule has 0 spiro atoms. The molecule has 0 radical (unpaired) electrons. The number of amides is 1. The number of benzene rings is 2. The number of nitriles is 1. The van der Waals surface area contributed by atoms with Crippen LogP contribution in [0, 0.1) is 32.1 Å². The molecule has 7 heteroatoms. The fraction of sp³-hybridized carbons (Fsp3) is 0.219. The number of aromatic nitrogens is 3. The van der Waals surface area contributed by atoms with Gasteiger partial charge in [-0.1, -0.05) is 24.3 Å². The normalized spacial score (nSPS) is 13.3. The van der Waals surface area contributed by atoms with Crippen molar-refractivity contribution < 1.29 is 4.79 Å². The maximum Gasteiger partial charge on any atom is 0.258 e. The molecule has 1 aliphatic rings. The number of carbonyl (C=O) groups is 1. The second-order valence-corrected chi connectivity index (χ2v) is 11.2. The molecule has 0 saturated carbocycles. The van der Waals surface area contributed by atoms with Gasteiger partial charge < -0.3 is 14.9 Å². The van der Waals surface area contributed by atoms with Gasteiger partial charge in [0.25, 0.3) is 5.91 Å². The van der Waals surface area contributed by atoms with Crippen molar-refractivity contribution in [1.82, 2.24) is 14.5 Å². The number of nitrogens with zero attached hydrogens (tertiary/aromatic N) is 3. The molecule has 0 fully saturated rings. The van der Waals surface area contributed by atoms with E-state index in [4.69, 9.17) is 0 Å². The van der Waals surface area contributed by atoms with E-state index in [0.29, 0.717) is 11.4 Å². The van der Waals surface area contributed by atoms with Crippen molar-refractivity contribution in [2.45, 2.75) is 46.5 Å². The van der Waals surface area contributed by atoms with Crippen molar-refractivity contribution in [2.24, 2.45) is 0 Å². The van der Waals surface area contributed by atoms with Crippen LogP contribution in [-0.4, -0.2) is 20.4 Å². The van der Waals surface area contributed by atoms with E-state index in [2.05, 4.69) is 38.9 Å². The molecule has 0 bridgehead atoms. The topological polar surface area (TPSA) is 86.5 Å². The molecule has 1 amide bonds. The molecule has 0 aliphatic heterocycles. The van der Waals surface area contributed by atoms with Crippen LogP contribution in [0.5, 0.6) is 0 Å². The van der Waals surface area contributed by atoms with Crippen LogP contribution in [0.4, 0.5) is 5.69 Å². The molecule has 6 rings (SSSR count). The zero-order valence-corrected chi connectivity index (χ0v) is 23.1. The number of para-hydroxylation sites is 1. The lowest BCUT2D eigenvalue weighted by Gasteiger charge is -2.14. The fourth-order valence-corrected chi connectivity index (χ4v) is 6.96. The Morgan fingerprint density at radius 2 is 1.90 bits per heavy atom. The Kier molecular flexibility index (Phi) is 6.41. The second kappa shape index (κ2) is 10.0. The lowest BCUT2D eigenvalue weighted by atomic mass is 9.95. The standard InChI is InChI=1S/C32H29N5OS/c1-19-13-14-26-27(15-19)36-30(35-26)23(18-33)17-22-16-20(2)37(21(22)3)32-29(25-11-7-8-12-28(25)39-32)31(38)34-24-9-5-4-6-10-24/h4-6,9-10,13-17H,7-8,11-12H2,1-3H3,(H,34,38)(H,35,36)/b23-17-. The van der Waals surface area contributed by atoms with Crippen LogP contribution < -0.4 is 5.32 Å². The van der Waals surface area contributed by atoms with Gasteiger partial charge in [-0.25, -0.2) is 4.98 Å². The Morgan fingerprint density at radius 1 is 1.10 bits per heavy atom. The predicted octanol–water partition coefficient (Wildman–Crippen LogP) is 7.54. The van der Waals surface area contributed by atoms with E-state index in [0.717, 1.165) is 75.5 Å². The number of allylic oxidation sites excluding steroid dienone is 1. The maximum atomic E-state index is 13.7. The molecule has 3 heterocycles. The molecule has 0 atom stereocenters. The van der Waals surface area contributed by atoms with Gasteiger partial charge in [-0.15, -0.1) is 11.3 Å². The fourth-order valence-electron chi connectivity index (χ4n) is 5.46. The van der Waals surface area contributed by atoms with Crippen molar-refractivity contribution in [3.05, 3.63) is 98.9 Å². The highest BCUT2D eigenvalue weighted by Gasteiger charge is 2.28. The van der Waals surface area contributed by atoms with Gasteiger partial charge in [-0.3, -0.25) is 4.79 Å². The summed E-state index contributed by atoms with van der Waals surface area (Å²) in [6.07, 6.45) is 6.05. The first-order valence-corrected chi connectivity index (χ1v) is 14.0. The van der Waals surface area contributed by atoms with E-state index < -0.39 is 0 Å². The zero-order valence-electron chi connectivity index (χ0n) is 22.3. The van der Waals surface area contributed by atoms with Crippen LogP contribution in [0.2, 0.25) is 0 Å². The molecule has 0 unspecified atom stereocenters. The number of thiophene rings is 1. The average molecular weight is 532 g/mol. The summed E-state index contributed by atoms with van der Waals surface area (Å²) in [4.78, 5) is 23.0. The molecule has 39 heavy (non-hydrogen) atoms. The minimum absolute atomic E-state index is 0.0736. The van der Waals surface area contributed by atoms with Gasteiger partial charge in [-0.2, -0.15) is 5.26 Å². The smallest absolute Gasteiger partial charge is 0.258 e. The Balaban J connectivity index is 1.43. The molecular formula is C32H29N5OS. The molecule has 194 valence electrons. The summed E-state index contributed by atoms with van der Waals surface area (Å²) in [5, 5.41) is 14.1. The highest BCUT2D eigenvalue weighted by molar-refractivity contribution is 7.15. The van der Waals surface area contributed by atoms with Gasteiger partial charge in [0.2, 0.25) is 0 Å². The number of imidazole rings is 1. The number of H-pyrrole nitrogens is 1. The van der Waals surface area contributed by atoms with Crippen LogP contribution in [0.1, 0.15) is 62.0 Å². The summed E-state index contributed by atoms with van der Waals surface area (Å²) in [6, 6.07) is 20.0. The average Bonchev–Trinajstić information content (AvgIpc) is 3.60. The molecule has 3 aromatic heterocycles. The van der Waals surface area contributed by atoms with E-state index in [9.17, 15) is 10.1 Å². The number of carbonyl (C=O) groups excluding carboxylic acids is 1. The number of fused-ring (bicyclic) bond motifs is 2. The number of anilines is 1. The van der Waals surface area contributed by atoms with Crippen LogP contribution >= 0.6 is 11.3 Å². The van der Waals surface area contributed by atoms with Crippen molar-refractivity contribution in [1.29, 1.82) is 5.26 Å². The monoisotopic (exact) mass is 531 g/mol. The quantitative estimate of drug-likeness (QED) is 0.230. The Bertz CT molecular complexity index is 1800. The van der Waals surface area contributed by atoms with E-state index >= 15 is 0 Å². The molecule has 0 saturated heterocycles. The Hall–Kier alpha value is -4.41. The summed E-state index contributed by atoms with van der Waals surface area (Å²) in [6.45, 7) is 6.14. The number of rotatable bonds is 5. The highest BCUT2D eigenvalue weighted by atomic mass is 32.1. The minimum Gasteiger partial charge on any atom is -0.337 e. The third-order valence-corrected chi connectivity index (χ3v) is 8.67. The van der Waals surface area contributed by atoms with Gasteiger partial charge in [0.05, 0.1) is 22.2 Å². The SMILES string of the molecule is Cc1ccc2nc(/C(C#N)=C\c3cc(C)n(-c4sc5c(c4C(=O)Nc4ccccc4)CCCC5)c3C)[nH]c2c1. The largest absolute Gasteiger partial charge is 0.337 e. The lowest BCUT2D eigenvalue weighted by molar-refractivity contribution is 0.102. The van der Waals surface area contributed by atoms with E-state index in [1.54, 1.807) is 11.3 Å². The summed E-state index contributed by atoms with van der Waals surface area (Å²) >= 11 is 1.72. The summed E-state index contributed by atoms with van der Waals surface area (Å²) in [5.74, 6) is 0.480. The van der Waals surface area contributed by atoms with Crippen LogP contribution in [-0.2, 0) is 12.8 Å². The van der Waals surface area contributed by atoms with Crippen LogP contribution in [0.25, 0.3) is 27.7 Å². The number of aryl methyl sites for hydroxylation is 3. The summed E-state index contributed by atoms with van der Waals surface area (Å²) in [7, 11) is 0. The van der Waals surface area contributed by atoms with E-state index in [1.807, 2.05) is 68.5 Å². The van der Waals surface area contributed by atoms with Gasteiger partial charge in [0, 0.05) is 22.0 Å². The van der Waals surface area contributed by atoms with E-state index in [-0.39, 0.29) is 5.91 Å². The zero-order chi connectivity index (χ0) is 27.1. The number of aromatic amines is 1. The molecule has 1 aliphatic carbocycles. The van der Waals surface area contributed by atoms with Crippen LogP contribution in [0.3, 0.4) is 0 Å². The Labute approximate surface area is 231 Å². The van der Waals surface area contributed by atoms with Gasteiger partial charge in [0.1, 0.15) is 16.9 Å². The minimum atomic E-state index is -0.0736. The summed E-state index contributed by atoms with van der Waals surface area (Å²) < 4.78 is 2.17. The van der Waals surface area contributed by atoms with Gasteiger partial charge in [-0.05, 0) is 99.6 Å². The van der Waals surface area contributed by atoms with Crippen molar-refractivity contribution in [3.63, 3.8) is 0 Å². The number of hydrogen-bond donors (Lipinski definition) is 2. The molecule has 2 aromatic carbocycles. The third-order valence-electron chi connectivity index (χ3n) is 7.40. The maximum absolute atomic E-state index is 13.7. The van der Waals surface area contributed by atoms with Gasteiger partial charge in [0.15, 0.2) is 0 Å².